The Labute approximate surface area is 381 Å². The van der Waals surface area contributed by atoms with E-state index in [1.807, 2.05) is 6.08 Å². The Bertz CT molecular complexity index is 2080. The molecule has 9 rings (SSSR count). The number of benzene rings is 1. The van der Waals surface area contributed by atoms with Crippen molar-refractivity contribution in [3.63, 3.8) is 0 Å². The maximum atomic E-state index is 12.6. The zero-order chi connectivity index (χ0) is 45.7. The van der Waals surface area contributed by atoms with E-state index in [0.29, 0.717) is 50.7 Å². The molecule has 1 aromatic rings. The van der Waals surface area contributed by atoms with Gasteiger partial charge >= 0.3 is 13.8 Å². The van der Waals surface area contributed by atoms with E-state index in [9.17, 15) is 39.3 Å². The molecule has 11 nitrogen and oxygen atoms in total. The van der Waals surface area contributed by atoms with Gasteiger partial charge in [0.05, 0.1) is 30.5 Å². The van der Waals surface area contributed by atoms with Crippen LogP contribution in [0.4, 0.5) is 5.69 Å². The number of hydrogen-bond donors (Lipinski definition) is 5. The van der Waals surface area contributed by atoms with Crippen molar-refractivity contribution in [1.82, 2.24) is 0 Å². The number of phosphoric acid groups is 1. The average molecular weight is 906 g/mol. The number of hydrogen-bond acceptors (Lipinski definition) is 8. The molecule has 5 N–H and O–H groups in total. The number of carboxylic acid groups (broad SMARTS) is 1. The van der Waals surface area contributed by atoms with Crippen molar-refractivity contribution < 1.29 is 48.5 Å². The summed E-state index contributed by atoms with van der Waals surface area (Å²) >= 11 is 0. The lowest BCUT2D eigenvalue weighted by Crippen LogP contribution is -2.62. The van der Waals surface area contributed by atoms with Crippen LogP contribution in [0.5, 0.6) is 0 Å². The third-order valence-corrected chi connectivity index (χ3v) is 20.9. The number of carboxylic acids is 1. The van der Waals surface area contributed by atoms with Crippen LogP contribution in [0.1, 0.15) is 149 Å². The van der Waals surface area contributed by atoms with E-state index in [-0.39, 0.29) is 70.6 Å². The van der Waals surface area contributed by atoms with Crippen LogP contribution in [0.25, 0.3) is 0 Å². The highest BCUT2D eigenvalue weighted by Gasteiger charge is 2.67. The number of fused-ring (bicyclic) bond motifs is 9. The van der Waals surface area contributed by atoms with Gasteiger partial charge in [-0.15, -0.1) is 0 Å². The second-order valence-corrected chi connectivity index (χ2v) is 24.4. The van der Waals surface area contributed by atoms with Gasteiger partial charge in [0.1, 0.15) is 0 Å². The summed E-state index contributed by atoms with van der Waals surface area (Å²) in [6.45, 7) is 12.2. The monoisotopic (exact) mass is 906 g/mol. The third kappa shape index (κ3) is 7.94. The highest BCUT2D eigenvalue weighted by Crippen LogP contribution is 2.70. The van der Waals surface area contributed by atoms with Crippen LogP contribution >= 0.6 is 7.82 Å². The molecule has 8 aliphatic rings. The van der Waals surface area contributed by atoms with E-state index >= 15 is 0 Å². The number of phosphoric ester groups is 1. The molecule has 8 aliphatic carbocycles. The van der Waals surface area contributed by atoms with E-state index in [1.165, 1.54) is 16.7 Å². The molecule has 6 saturated carbocycles. The molecular weight excluding hydrogens is 830 g/mol. The quantitative estimate of drug-likeness (QED) is 0.127. The number of likely N-dealkylation sites (N-methyl/N-ethyl adjacent to an activating group) is 1. The molecule has 2 unspecified atom stereocenters. The van der Waals surface area contributed by atoms with Gasteiger partial charge in [-0.25, -0.2) is 4.57 Å². The van der Waals surface area contributed by atoms with Crippen LogP contribution in [0.15, 0.2) is 47.1 Å². The van der Waals surface area contributed by atoms with Gasteiger partial charge in [0.25, 0.3) is 0 Å². The largest absolute Gasteiger partial charge is 0.481 e. The topological polar surface area (TPSA) is 174 Å². The Morgan fingerprint density at radius 3 is 2.41 bits per heavy atom. The van der Waals surface area contributed by atoms with Crippen molar-refractivity contribution in [3.05, 3.63) is 52.6 Å². The first kappa shape index (κ1) is 46.7. The minimum atomic E-state index is -4.80. The van der Waals surface area contributed by atoms with E-state index in [2.05, 4.69) is 70.8 Å². The van der Waals surface area contributed by atoms with Crippen molar-refractivity contribution in [2.45, 2.75) is 167 Å². The minimum Gasteiger partial charge on any atom is -0.481 e. The molecule has 354 valence electrons. The van der Waals surface area contributed by atoms with Gasteiger partial charge in [-0.05, 0) is 190 Å². The highest BCUT2D eigenvalue weighted by molar-refractivity contribution is 7.46. The molecule has 0 saturated heterocycles. The maximum Gasteiger partial charge on any atom is 0.469 e. The Morgan fingerprint density at radius 2 is 1.69 bits per heavy atom. The summed E-state index contributed by atoms with van der Waals surface area (Å²) in [5, 5.41) is 33.3. The number of ether oxygens (including phenoxy) is 1. The number of allylic oxidation sites excluding steroid dienone is 4. The predicted octanol–water partition coefficient (Wildman–Crippen LogP) is 9.38. The van der Waals surface area contributed by atoms with Crippen LogP contribution in [-0.4, -0.2) is 81.0 Å². The molecule has 1 aromatic carbocycles. The molecule has 0 aromatic heterocycles. The van der Waals surface area contributed by atoms with Crippen molar-refractivity contribution >= 4 is 25.3 Å². The maximum absolute atomic E-state index is 12.6. The molecular formula is C52H76NO10P. The first-order valence-electron chi connectivity index (χ1n) is 24.9. The number of aliphatic hydroxyl groups is 2. The molecule has 12 heteroatoms. The molecule has 0 radical (unpaired) electrons. The molecule has 0 heterocycles. The average Bonchev–Trinajstić information content (AvgIpc) is 3.72. The van der Waals surface area contributed by atoms with Gasteiger partial charge < -0.3 is 34.7 Å². The normalized spacial score (nSPS) is 43.2. The first-order chi connectivity index (χ1) is 30.1. The van der Waals surface area contributed by atoms with Crippen LogP contribution < -0.4 is 4.90 Å². The van der Waals surface area contributed by atoms with Gasteiger partial charge in [0.2, 0.25) is 0 Å². The van der Waals surface area contributed by atoms with Gasteiger partial charge in [0, 0.05) is 43.5 Å². The summed E-state index contributed by atoms with van der Waals surface area (Å²) in [5.41, 5.74) is 5.15. The number of carbonyl (C=O) groups is 2. The van der Waals surface area contributed by atoms with Gasteiger partial charge in [0.15, 0.2) is 5.78 Å². The van der Waals surface area contributed by atoms with Crippen LogP contribution in [-0.2, 0) is 23.4 Å². The smallest absolute Gasteiger partial charge is 0.469 e. The summed E-state index contributed by atoms with van der Waals surface area (Å²) in [7, 11) is -2.70. The van der Waals surface area contributed by atoms with Crippen LogP contribution in [0, 0.1) is 63.6 Å². The van der Waals surface area contributed by atoms with Crippen LogP contribution in [0.3, 0.4) is 0 Å². The number of anilines is 1. The lowest BCUT2D eigenvalue weighted by atomic mass is 9.43. The zero-order valence-electron chi connectivity index (χ0n) is 39.2. The number of carbonyl (C=O) groups excluding carboxylic acids is 1. The Kier molecular flexibility index (Phi) is 12.4. The summed E-state index contributed by atoms with van der Waals surface area (Å²) in [5.74, 6) is 0.894. The molecule has 0 spiro atoms. The van der Waals surface area contributed by atoms with E-state index in [0.717, 1.165) is 76.3 Å². The van der Waals surface area contributed by atoms with Crippen molar-refractivity contribution in [1.29, 1.82) is 0 Å². The Balaban J connectivity index is 0.863. The molecule has 0 amide bonds. The van der Waals surface area contributed by atoms with Gasteiger partial charge in [-0.2, -0.15) is 0 Å². The van der Waals surface area contributed by atoms with Gasteiger partial charge in [-0.3, -0.25) is 14.1 Å². The number of rotatable bonds is 12. The fourth-order valence-electron chi connectivity index (χ4n) is 16.7. The fourth-order valence-corrected chi connectivity index (χ4v) is 17.3. The van der Waals surface area contributed by atoms with E-state index < -0.39 is 37.0 Å². The molecule has 0 bridgehead atoms. The summed E-state index contributed by atoms with van der Waals surface area (Å²) in [6.07, 6.45) is 13.0. The SMILES string of the molecule is C[C@H](CCC(=O)O)[C@H]1CC[C@H]2[C@@H]3[C@H](OP(=O)(O)O)C[C@@H]4C[C@@H](OCCN(C)c5ccc([C@H]6C[C@@]7(C)C(CC[C@]7(C)O)C7CCC8=CC(=O)CCC8=C76)cc5)CC[C@]4(C)[C@H]3C[C@H](O)[C@]12C. The fraction of sp³-hybridized carbons (Fsp3) is 0.769. The predicted molar refractivity (Wildman–Crippen MR) is 245 cm³/mol. The number of aliphatic carboxylic acids is 1. The third-order valence-electron chi connectivity index (χ3n) is 20.4. The summed E-state index contributed by atoms with van der Waals surface area (Å²) in [4.78, 5) is 46.6. The van der Waals surface area contributed by atoms with Crippen molar-refractivity contribution in [2.75, 3.05) is 25.1 Å². The standard InChI is InChI=1S/C52H76NO10P/c1-30(7-18-46(56)57)40-16-17-42-48-43(28-45(55)52(40,42)5)49(2)21-19-36(26-33(49)27-44(48)63-64(59,60)61)62-24-23-53(6)34-11-8-31(9-12-34)39-29-50(3)41(20-22-51(50,4)58)38-14-10-32-25-35(54)13-15-37(32)47(38)39/h8-9,11-12,25,30,33,36,38-45,48,55,58H,7,10,13-24,26-29H2,1-6H3,(H,56,57)(H2,59,60,61)/t30-,33+,36+,38?,39-,40-,41?,42+,43+,44-,45+,48+,49+,50+,51+,52-/m1/s1. The highest BCUT2D eigenvalue weighted by atomic mass is 31.2. The molecule has 6 fully saturated rings. The molecule has 16 atom stereocenters. The number of nitrogens with zero attached hydrogens (tertiary/aromatic N) is 1. The van der Waals surface area contributed by atoms with Gasteiger partial charge in [-0.1, -0.05) is 45.4 Å². The summed E-state index contributed by atoms with van der Waals surface area (Å²) < 4.78 is 25.0. The first-order valence-corrected chi connectivity index (χ1v) is 26.4. The lowest BCUT2D eigenvalue weighted by Gasteiger charge is -2.64. The Morgan fingerprint density at radius 1 is 0.938 bits per heavy atom. The van der Waals surface area contributed by atoms with Crippen LogP contribution in [0.2, 0.25) is 0 Å². The Hall–Kier alpha value is -2.37. The van der Waals surface area contributed by atoms with E-state index in [4.69, 9.17) is 9.26 Å². The van der Waals surface area contributed by atoms with Crippen molar-refractivity contribution in [3.8, 4) is 0 Å². The second kappa shape index (κ2) is 17.0. The number of aliphatic hydroxyl groups excluding tert-OH is 1. The second-order valence-electron chi connectivity index (χ2n) is 23.2. The number of ketones is 1. The van der Waals surface area contributed by atoms with Crippen molar-refractivity contribution in [2.24, 2.45) is 63.6 Å². The summed E-state index contributed by atoms with van der Waals surface area (Å²) in [6, 6.07) is 9.01. The lowest BCUT2D eigenvalue weighted by molar-refractivity contribution is -0.206. The molecule has 0 aliphatic heterocycles. The zero-order valence-corrected chi connectivity index (χ0v) is 40.1. The molecule has 64 heavy (non-hydrogen) atoms. The minimum absolute atomic E-state index is 0.0158. The van der Waals surface area contributed by atoms with E-state index in [1.54, 1.807) is 5.57 Å².